The van der Waals surface area contributed by atoms with Crippen molar-refractivity contribution < 1.29 is 19.3 Å². The van der Waals surface area contributed by atoms with Gasteiger partial charge in [-0.2, -0.15) is 0 Å². The van der Waals surface area contributed by atoms with Gasteiger partial charge < -0.3 is 4.74 Å². The third-order valence-electron chi connectivity index (χ3n) is 3.37. The molecule has 1 unspecified atom stereocenters. The van der Waals surface area contributed by atoms with Gasteiger partial charge >= 0.3 is 11.9 Å². The zero-order valence-corrected chi connectivity index (χ0v) is 13.3. The molecule has 0 aliphatic rings. The first-order valence-corrected chi connectivity index (χ1v) is 7.60. The maximum Gasteiger partial charge on any atom is 0.322 e. The van der Waals surface area contributed by atoms with Crippen LogP contribution in [0.15, 0.2) is 48.5 Å². The Labute approximate surface area is 135 Å². The monoisotopic (exact) mass is 313 g/mol. The van der Waals surface area contributed by atoms with Crippen molar-refractivity contribution in [2.45, 2.75) is 20.3 Å². The number of hydrogen-bond acceptors (Lipinski definition) is 3. The lowest BCUT2D eigenvalue weighted by Gasteiger charge is -2.12. The average Bonchev–Trinajstić information content (AvgIpc) is 2.53. The predicted octanol–water partition coefficient (Wildman–Crippen LogP) is 2.17. The summed E-state index contributed by atoms with van der Waals surface area (Å²) in [5.41, 5.74) is 1.83. The van der Waals surface area contributed by atoms with Crippen LogP contribution in [0.25, 0.3) is 0 Å². The summed E-state index contributed by atoms with van der Waals surface area (Å²) >= 11 is 0. The zero-order valence-electron chi connectivity index (χ0n) is 13.3. The van der Waals surface area contributed by atoms with Gasteiger partial charge in [-0.15, -0.1) is 0 Å². The number of aryl methyl sites for hydroxylation is 1. The van der Waals surface area contributed by atoms with Crippen LogP contribution in [0.4, 0.5) is 5.82 Å². The topological polar surface area (TPSA) is 69.5 Å². The van der Waals surface area contributed by atoms with E-state index in [1.165, 1.54) is 0 Å². The minimum Gasteiger partial charge on any atom is -0.465 e. The summed E-state index contributed by atoms with van der Waals surface area (Å²) in [5, 5.41) is 2.75. The number of ether oxygens (including phenoxy) is 1. The fourth-order valence-electron chi connectivity index (χ4n) is 2.25. The quantitative estimate of drug-likeness (QED) is 0.656. The molecule has 23 heavy (non-hydrogen) atoms. The minimum atomic E-state index is -0.883. The SMILES string of the molecule is CCOC(=O)C(Cc1ccccc1)C(=O)Nc1cccc(C)[nH+]1. The van der Waals surface area contributed by atoms with Gasteiger partial charge in [0.25, 0.3) is 5.82 Å². The highest BCUT2D eigenvalue weighted by molar-refractivity contribution is 6.04. The van der Waals surface area contributed by atoms with Crippen molar-refractivity contribution in [3.8, 4) is 0 Å². The van der Waals surface area contributed by atoms with E-state index in [4.69, 9.17) is 4.74 Å². The molecule has 1 aromatic heterocycles. The van der Waals surface area contributed by atoms with Crippen molar-refractivity contribution >= 4 is 17.7 Å². The molecule has 2 rings (SSSR count). The smallest absolute Gasteiger partial charge is 0.322 e. The molecule has 0 spiro atoms. The van der Waals surface area contributed by atoms with E-state index in [2.05, 4.69) is 10.3 Å². The molecule has 0 aliphatic heterocycles. The molecule has 1 heterocycles. The second-order valence-corrected chi connectivity index (χ2v) is 5.23. The van der Waals surface area contributed by atoms with Gasteiger partial charge in [-0.3, -0.25) is 4.79 Å². The number of H-pyrrole nitrogens is 1. The number of amides is 1. The fraction of sp³-hybridized carbons (Fsp3) is 0.278. The Balaban J connectivity index is 2.15. The number of esters is 1. The molecule has 2 N–H and O–H groups in total. The number of rotatable bonds is 6. The number of nitrogens with one attached hydrogen (secondary N) is 2. The van der Waals surface area contributed by atoms with Crippen LogP contribution in [0.1, 0.15) is 18.2 Å². The fourth-order valence-corrected chi connectivity index (χ4v) is 2.25. The Morgan fingerprint density at radius 2 is 1.87 bits per heavy atom. The Kier molecular flexibility index (Phi) is 5.86. The summed E-state index contributed by atoms with van der Waals surface area (Å²) in [6.45, 7) is 3.86. The number of carbonyl (C=O) groups excluding carboxylic acids is 2. The normalized spacial score (nSPS) is 11.6. The molecular formula is C18H21N2O3+. The summed E-state index contributed by atoms with van der Waals surface area (Å²) in [5.74, 6) is -1.22. The molecule has 5 nitrogen and oxygen atoms in total. The van der Waals surface area contributed by atoms with Gasteiger partial charge in [-0.1, -0.05) is 36.4 Å². The van der Waals surface area contributed by atoms with E-state index < -0.39 is 11.9 Å². The van der Waals surface area contributed by atoms with Crippen molar-refractivity contribution in [1.82, 2.24) is 0 Å². The van der Waals surface area contributed by atoms with Gasteiger partial charge in [-0.25, -0.2) is 15.1 Å². The largest absolute Gasteiger partial charge is 0.465 e. The van der Waals surface area contributed by atoms with E-state index in [-0.39, 0.29) is 12.5 Å². The molecular weight excluding hydrogens is 292 g/mol. The van der Waals surface area contributed by atoms with Gasteiger partial charge in [0.15, 0.2) is 5.92 Å². The molecule has 2 aromatic rings. The lowest BCUT2D eigenvalue weighted by Crippen LogP contribution is -2.34. The highest BCUT2D eigenvalue weighted by Gasteiger charge is 2.32. The van der Waals surface area contributed by atoms with Crippen LogP contribution in [0.2, 0.25) is 0 Å². The number of aromatic nitrogens is 1. The van der Waals surface area contributed by atoms with Crippen LogP contribution in [0, 0.1) is 12.8 Å². The van der Waals surface area contributed by atoms with Crippen LogP contribution in [-0.4, -0.2) is 18.5 Å². The molecule has 120 valence electrons. The first kappa shape index (κ1) is 16.7. The predicted molar refractivity (Wildman–Crippen MR) is 86.6 cm³/mol. The second-order valence-electron chi connectivity index (χ2n) is 5.23. The third kappa shape index (κ3) is 4.92. The lowest BCUT2D eigenvalue weighted by atomic mass is 9.98. The maximum absolute atomic E-state index is 12.5. The molecule has 1 amide bonds. The van der Waals surface area contributed by atoms with Crippen LogP contribution < -0.4 is 10.3 Å². The summed E-state index contributed by atoms with van der Waals surface area (Å²) in [6.07, 6.45) is 0.303. The van der Waals surface area contributed by atoms with E-state index in [0.29, 0.717) is 12.2 Å². The molecule has 1 atom stereocenters. The Bertz CT molecular complexity index is 671. The average molecular weight is 313 g/mol. The second kappa shape index (κ2) is 8.08. The number of pyridine rings is 1. The summed E-state index contributed by atoms with van der Waals surface area (Å²) in [6, 6.07) is 14.9. The third-order valence-corrected chi connectivity index (χ3v) is 3.37. The highest BCUT2D eigenvalue weighted by atomic mass is 16.5. The van der Waals surface area contributed by atoms with Crippen molar-refractivity contribution in [3.63, 3.8) is 0 Å². The highest BCUT2D eigenvalue weighted by Crippen LogP contribution is 2.13. The number of carbonyl (C=O) groups is 2. The molecule has 1 aromatic carbocycles. The van der Waals surface area contributed by atoms with Gasteiger partial charge in [0.1, 0.15) is 0 Å². The minimum absolute atomic E-state index is 0.244. The zero-order chi connectivity index (χ0) is 16.7. The molecule has 0 bridgehead atoms. The van der Waals surface area contributed by atoms with E-state index in [9.17, 15) is 9.59 Å². The van der Waals surface area contributed by atoms with Gasteiger partial charge in [-0.05, 0) is 31.9 Å². The Morgan fingerprint density at radius 3 is 2.52 bits per heavy atom. The van der Waals surface area contributed by atoms with E-state index >= 15 is 0 Å². The van der Waals surface area contributed by atoms with Gasteiger partial charge in [0, 0.05) is 6.07 Å². The molecule has 0 fully saturated rings. The van der Waals surface area contributed by atoms with E-state index in [0.717, 1.165) is 11.3 Å². The van der Waals surface area contributed by atoms with E-state index in [1.54, 1.807) is 13.0 Å². The molecule has 5 heteroatoms. The van der Waals surface area contributed by atoms with Crippen LogP contribution in [-0.2, 0) is 20.7 Å². The van der Waals surface area contributed by atoms with Crippen molar-refractivity contribution in [3.05, 3.63) is 59.8 Å². The number of benzene rings is 1. The molecule has 0 saturated heterocycles. The molecule has 0 aliphatic carbocycles. The first-order valence-electron chi connectivity index (χ1n) is 7.60. The number of aromatic amines is 1. The van der Waals surface area contributed by atoms with Gasteiger partial charge in [0.2, 0.25) is 0 Å². The summed E-state index contributed by atoms with van der Waals surface area (Å²) < 4.78 is 5.05. The maximum atomic E-state index is 12.5. The molecule has 0 radical (unpaired) electrons. The van der Waals surface area contributed by atoms with Crippen molar-refractivity contribution in [2.75, 3.05) is 11.9 Å². The number of hydrogen-bond donors (Lipinski definition) is 1. The summed E-state index contributed by atoms with van der Waals surface area (Å²) in [4.78, 5) is 27.7. The summed E-state index contributed by atoms with van der Waals surface area (Å²) in [7, 11) is 0. The van der Waals surface area contributed by atoms with Crippen molar-refractivity contribution in [1.29, 1.82) is 0 Å². The Morgan fingerprint density at radius 1 is 1.13 bits per heavy atom. The first-order chi connectivity index (χ1) is 11.1. The lowest BCUT2D eigenvalue weighted by molar-refractivity contribution is -0.370. The van der Waals surface area contributed by atoms with E-state index in [1.807, 2.05) is 49.4 Å². The standard InChI is InChI=1S/C18H20N2O3/c1-3-23-18(22)15(12-14-9-5-4-6-10-14)17(21)20-16-11-7-8-13(2)19-16/h4-11,15H,3,12H2,1-2H3,(H,19,20,21)/p+1. The Hall–Kier alpha value is -2.69. The molecule has 0 saturated carbocycles. The van der Waals surface area contributed by atoms with Crippen LogP contribution >= 0.6 is 0 Å². The number of anilines is 1. The van der Waals surface area contributed by atoms with Gasteiger partial charge in [0.05, 0.1) is 12.3 Å². The van der Waals surface area contributed by atoms with Crippen LogP contribution in [0.5, 0.6) is 0 Å². The van der Waals surface area contributed by atoms with Crippen molar-refractivity contribution in [2.24, 2.45) is 5.92 Å². The van der Waals surface area contributed by atoms with Crippen LogP contribution in [0.3, 0.4) is 0 Å².